The van der Waals surface area contributed by atoms with Gasteiger partial charge in [0, 0.05) is 12.8 Å². The number of unbranched alkanes of at least 4 members (excludes halogenated alkanes) is 5. The number of esters is 2. The molecule has 0 fully saturated rings. The monoisotopic (exact) mass is 707 g/mol. The first-order valence-corrected chi connectivity index (χ1v) is 18.7. The fourth-order valence-corrected chi connectivity index (χ4v) is 4.57. The Morgan fingerprint density at radius 3 is 1.86 bits per heavy atom. The van der Waals surface area contributed by atoms with Gasteiger partial charge in [0.25, 0.3) is 0 Å². The van der Waals surface area contributed by atoms with Gasteiger partial charge in [-0.25, -0.2) is 4.57 Å². The molecule has 11 nitrogen and oxygen atoms in total. The number of carboxylic acids is 1. The number of hydrogen-bond donors (Lipinski definition) is 3. The molecule has 0 amide bonds. The maximum atomic E-state index is 12.5. The fraction of sp³-hybridized carbons (Fsp3) is 0.541. The van der Waals surface area contributed by atoms with Crippen LogP contribution in [0.3, 0.4) is 0 Å². The molecule has 0 aromatic rings. The third-order valence-electron chi connectivity index (χ3n) is 6.48. The summed E-state index contributed by atoms with van der Waals surface area (Å²) in [4.78, 5) is 45.6. The topological polar surface area (TPSA) is 172 Å². The molecule has 12 heteroatoms. The third-order valence-corrected chi connectivity index (χ3v) is 7.43. The normalized spacial score (nSPS) is 15.0. The van der Waals surface area contributed by atoms with Crippen molar-refractivity contribution < 1.29 is 47.5 Å². The van der Waals surface area contributed by atoms with E-state index in [1.165, 1.54) is 0 Å². The van der Waals surface area contributed by atoms with E-state index in [0.717, 1.165) is 57.8 Å². The predicted octanol–water partition coefficient (Wildman–Crippen LogP) is 7.99. The number of carbonyl (C=O) groups excluding carboxylic acids is 2. The molecule has 2 unspecified atom stereocenters. The first-order chi connectivity index (χ1) is 23.6. The number of nitrogens with two attached hydrogens (primary N) is 1. The van der Waals surface area contributed by atoms with Gasteiger partial charge in [-0.3, -0.25) is 23.4 Å². The zero-order valence-electron chi connectivity index (χ0n) is 29.2. The molecule has 0 radical (unpaired) electrons. The lowest BCUT2D eigenvalue weighted by Crippen LogP contribution is -2.34. The summed E-state index contributed by atoms with van der Waals surface area (Å²) in [7, 11) is -4.73. The van der Waals surface area contributed by atoms with Crippen LogP contribution in [0.5, 0.6) is 0 Å². The van der Waals surface area contributed by atoms with E-state index in [4.69, 9.17) is 24.8 Å². The number of aliphatic carboxylic acids is 1. The Bertz CT molecular complexity index is 1160. The Labute approximate surface area is 292 Å². The van der Waals surface area contributed by atoms with E-state index in [1.54, 1.807) is 0 Å². The minimum Gasteiger partial charge on any atom is -0.480 e. The molecule has 0 spiro atoms. The molecule has 0 rings (SSSR count). The standard InChI is InChI=1S/C37H58NO10P/c1-3-5-7-9-11-13-15-17-19-21-23-25-27-29-36(40)48-33(31-46-49(43,44)47-32-34(38)37(41)42)30-45-35(39)28-26-24-22-20-18-16-14-12-10-8-6-4-2/h5-9,11-15,17-20,33-34H,3-4,10,16,21-32,38H2,1-2H3,(H,41,42)(H,43,44)/b7-5+,8-6+,11-9+,14-12+,15-13+,19-17+,20-18+/t33?,34-/m0/s1. The molecule has 0 aromatic carbocycles. The molecule has 49 heavy (non-hydrogen) atoms. The largest absolute Gasteiger partial charge is 0.480 e. The Balaban J connectivity index is 4.66. The van der Waals surface area contributed by atoms with Gasteiger partial charge in [0.05, 0.1) is 13.2 Å². The van der Waals surface area contributed by atoms with Gasteiger partial charge >= 0.3 is 25.7 Å². The summed E-state index contributed by atoms with van der Waals surface area (Å²) in [5.41, 5.74) is 5.30. The van der Waals surface area contributed by atoms with Crippen molar-refractivity contribution in [1.82, 2.24) is 0 Å². The van der Waals surface area contributed by atoms with E-state index in [0.29, 0.717) is 12.8 Å². The molecule has 0 aliphatic carbocycles. The van der Waals surface area contributed by atoms with Crippen molar-refractivity contribution in [3.05, 3.63) is 85.1 Å². The van der Waals surface area contributed by atoms with Gasteiger partial charge in [0.2, 0.25) is 0 Å². The van der Waals surface area contributed by atoms with E-state index in [2.05, 4.69) is 67.0 Å². The highest BCUT2D eigenvalue weighted by atomic mass is 31.2. The lowest BCUT2D eigenvalue weighted by Gasteiger charge is -2.20. The lowest BCUT2D eigenvalue weighted by atomic mass is 10.1. The highest BCUT2D eigenvalue weighted by Gasteiger charge is 2.28. The van der Waals surface area contributed by atoms with Gasteiger partial charge < -0.3 is 25.2 Å². The average Bonchev–Trinajstić information content (AvgIpc) is 3.07. The number of carbonyl (C=O) groups is 3. The fourth-order valence-electron chi connectivity index (χ4n) is 3.79. The molecule has 0 saturated carbocycles. The van der Waals surface area contributed by atoms with Gasteiger partial charge in [0.1, 0.15) is 12.6 Å². The van der Waals surface area contributed by atoms with Gasteiger partial charge in [0.15, 0.2) is 6.10 Å². The Morgan fingerprint density at radius 1 is 0.653 bits per heavy atom. The highest BCUT2D eigenvalue weighted by molar-refractivity contribution is 7.47. The SMILES string of the molecule is CC/C=C/C=C/C=C/C=C/CCCCCC(=O)OC(COC(=O)CCCC/C=C/C/C=C/C/C=C/CC)COP(=O)(O)OC[C@H](N)C(=O)O. The van der Waals surface area contributed by atoms with Crippen LogP contribution >= 0.6 is 7.82 Å². The van der Waals surface area contributed by atoms with Crippen molar-refractivity contribution in [3.8, 4) is 0 Å². The van der Waals surface area contributed by atoms with E-state index in [1.807, 2.05) is 36.5 Å². The van der Waals surface area contributed by atoms with E-state index in [-0.39, 0.29) is 19.4 Å². The lowest BCUT2D eigenvalue weighted by molar-refractivity contribution is -0.161. The molecule has 276 valence electrons. The van der Waals surface area contributed by atoms with Crippen LogP contribution in [-0.2, 0) is 37.5 Å². The maximum absolute atomic E-state index is 12.5. The predicted molar refractivity (Wildman–Crippen MR) is 194 cm³/mol. The van der Waals surface area contributed by atoms with Crippen molar-refractivity contribution in [2.75, 3.05) is 19.8 Å². The third kappa shape index (κ3) is 31.7. The van der Waals surface area contributed by atoms with Crippen LogP contribution in [0.2, 0.25) is 0 Å². The number of hydrogen-bond acceptors (Lipinski definition) is 9. The second-order valence-electron chi connectivity index (χ2n) is 11.0. The number of rotatable bonds is 30. The summed E-state index contributed by atoms with van der Waals surface area (Å²) < 4.78 is 32.4. The molecule has 0 saturated heterocycles. The Hall–Kier alpha value is -3.34. The van der Waals surface area contributed by atoms with Crippen LogP contribution in [0.4, 0.5) is 0 Å². The molecule has 0 bridgehead atoms. The number of phosphoric acid groups is 1. The van der Waals surface area contributed by atoms with Crippen LogP contribution < -0.4 is 5.73 Å². The number of phosphoric ester groups is 1. The Kier molecular flexibility index (Phi) is 29.7. The Morgan fingerprint density at radius 2 is 1.18 bits per heavy atom. The average molecular weight is 708 g/mol. The second-order valence-corrected chi connectivity index (χ2v) is 12.4. The van der Waals surface area contributed by atoms with E-state index < -0.39 is 51.1 Å². The molecule has 3 atom stereocenters. The smallest absolute Gasteiger partial charge is 0.472 e. The molecular formula is C37H58NO10P. The van der Waals surface area contributed by atoms with Crippen LogP contribution in [0, 0.1) is 0 Å². The van der Waals surface area contributed by atoms with Crippen molar-refractivity contribution in [2.24, 2.45) is 5.73 Å². The molecule has 0 aliphatic rings. The summed E-state index contributed by atoms with van der Waals surface area (Å²) in [6, 6.07) is -1.54. The van der Waals surface area contributed by atoms with Crippen LogP contribution in [0.1, 0.15) is 97.3 Å². The van der Waals surface area contributed by atoms with Crippen LogP contribution in [0.25, 0.3) is 0 Å². The van der Waals surface area contributed by atoms with Crippen molar-refractivity contribution >= 4 is 25.7 Å². The maximum Gasteiger partial charge on any atom is 0.472 e. The zero-order chi connectivity index (χ0) is 36.4. The summed E-state index contributed by atoms with van der Waals surface area (Å²) in [6.07, 6.45) is 36.8. The summed E-state index contributed by atoms with van der Waals surface area (Å²) in [6.45, 7) is 2.40. The van der Waals surface area contributed by atoms with Crippen molar-refractivity contribution in [1.29, 1.82) is 0 Å². The first-order valence-electron chi connectivity index (χ1n) is 17.2. The summed E-state index contributed by atoms with van der Waals surface area (Å²) in [5.74, 6) is -2.50. The van der Waals surface area contributed by atoms with Crippen molar-refractivity contribution in [3.63, 3.8) is 0 Å². The van der Waals surface area contributed by atoms with Gasteiger partial charge in [-0.05, 0) is 64.2 Å². The van der Waals surface area contributed by atoms with E-state index in [9.17, 15) is 23.8 Å². The van der Waals surface area contributed by atoms with E-state index >= 15 is 0 Å². The minimum absolute atomic E-state index is 0.101. The van der Waals surface area contributed by atoms with Crippen LogP contribution in [-0.4, -0.2) is 59.9 Å². The van der Waals surface area contributed by atoms with Gasteiger partial charge in [-0.15, -0.1) is 0 Å². The molecule has 0 aliphatic heterocycles. The first kappa shape index (κ1) is 45.7. The van der Waals surface area contributed by atoms with Gasteiger partial charge in [-0.2, -0.15) is 0 Å². The summed E-state index contributed by atoms with van der Waals surface area (Å²) in [5, 5.41) is 8.84. The summed E-state index contributed by atoms with van der Waals surface area (Å²) >= 11 is 0. The number of carboxylic acid groups (broad SMARTS) is 1. The highest BCUT2D eigenvalue weighted by Crippen LogP contribution is 2.43. The zero-order valence-corrected chi connectivity index (χ0v) is 30.1. The molecule has 0 aromatic heterocycles. The number of ether oxygens (including phenoxy) is 2. The molecular weight excluding hydrogens is 649 g/mol. The van der Waals surface area contributed by atoms with Gasteiger partial charge in [-0.1, -0.05) is 105 Å². The molecule has 4 N–H and O–H groups in total. The van der Waals surface area contributed by atoms with Crippen LogP contribution in [0.15, 0.2) is 85.1 Å². The number of allylic oxidation sites excluding steroid dienone is 14. The second kappa shape index (κ2) is 31.9. The minimum atomic E-state index is -4.73. The van der Waals surface area contributed by atoms with Crippen molar-refractivity contribution in [2.45, 2.75) is 109 Å². The molecule has 0 heterocycles. The quantitative estimate of drug-likeness (QED) is 0.0217.